The lowest BCUT2D eigenvalue weighted by Gasteiger charge is -2.37. The number of fused-ring (bicyclic) bond motifs is 1. The van der Waals surface area contributed by atoms with Crippen molar-refractivity contribution in [2.45, 2.75) is 32.7 Å². The number of hydrogen-bond donors (Lipinski definition) is 1. The van der Waals surface area contributed by atoms with Crippen molar-refractivity contribution in [1.82, 2.24) is 9.36 Å². The SMILES string of the molecule is C[C@@H]1CN(c2cc(CO)c3c(-c4ccccn4)nsc3c2F)C[C@H](C)O1. The fourth-order valence-corrected chi connectivity index (χ4v) is 4.43. The quantitative estimate of drug-likeness (QED) is 0.760. The average molecular weight is 373 g/mol. The molecule has 5 nitrogen and oxygen atoms in total. The number of rotatable bonds is 3. The van der Waals surface area contributed by atoms with Gasteiger partial charge in [-0.3, -0.25) is 4.98 Å². The Labute approximate surface area is 155 Å². The first kappa shape index (κ1) is 17.3. The summed E-state index contributed by atoms with van der Waals surface area (Å²) in [6.45, 7) is 5.01. The summed E-state index contributed by atoms with van der Waals surface area (Å²) in [5, 5.41) is 10.6. The van der Waals surface area contributed by atoms with Gasteiger partial charge in [-0.2, -0.15) is 4.37 Å². The molecule has 2 aromatic heterocycles. The molecule has 0 bridgehead atoms. The van der Waals surface area contributed by atoms with Gasteiger partial charge >= 0.3 is 0 Å². The van der Waals surface area contributed by atoms with Crippen LogP contribution in [-0.2, 0) is 11.3 Å². The first-order valence-electron chi connectivity index (χ1n) is 8.62. The number of anilines is 1. The molecule has 3 aromatic rings. The van der Waals surface area contributed by atoms with Crippen LogP contribution in [0.2, 0.25) is 0 Å². The second kappa shape index (κ2) is 6.90. The smallest absolute Gasteiger partial charge is 0.165 e. The third kappa shape index (κ3) is 2.96. The van der Waals surface area contributed by atoms with Crippen LogP contribution in [0.3, 0.4) is 0 Å². The van der Waals surface area contributed by atoms with Crippen molar-refractivity contribution in [2.75, 3.05) is 18.0 Å². The number of ether oxygens (including phenoxy) is 1. The van der Waals surface area contributed by atoms with Gasteiger partial charge in [0.1, 0.15) is 5.69 Å². The van der Waals surface area contributed by atoms with Gasteiger partial charge in [-0.05, 0) is 49.1 Å². The number of nitrogens with zero attached hydrogens (tertiary/aromatic N) is 3. The van der Waals surface area contributed by atoms with Gasteiger partial charge in [0, 0.05) is 24.7 Å². The fourth-order valence-electron chi connectivity index (χ4n) is 3.56. The van der Waals surface area contributed by atoms with Crippen molar-refractivity contribution in [1.29, 1.82) is 0 Å². The van der Waals surface area contributed by atoms with Crippen molar-refractivity contribution in [3.8, 4) is 11.4 Å². The summed E-state index contributed by atoms with van der Waals surface area (Å²) in [7, 11) is 0. The van der Waals surface area contributed by atoms with Crippen molar-refractivity contribution >= 4 is 27.3 Å². The fraction of sp³-hybridized carbons (Fsp3) is 0.368. The summed E-state index contributed by atoms with van der Waals surface area (Å²) in [4.78, 5) is 6.31. The van der Waals surface area contributed by atoms with Crippen LogP contribution in [0.5, 0.6) is 0 Å². The maximum Gasteiger partial charge on any atom is 0.165 e. The predicted octanol–water partition coefficient (Wildman–Crippen LogP) is 3.60. The molecule has 1 aromatic carbocycles. The van der Waals surface area contributed by atoms with Crippen LogP contribution < -0.4 is 4.90 Å². The lowest BCUT2D eigenvalue weighted by atomic mass is 10.0. The summed E-state index contributed by atoms with van der Waals surface area (Å²) < 4.78 is 26.0. The number of benzene rings is 1. The summed E-state index contributed by atoms with van der Waals surface area (Å²) in [5.41, 5.74) is 2.45. The molecule has 2 atom stereocenters. The van der Waals surface area contributed by atoms with Crippen LogP contribution >= 0.6 is 11.5 Å². The second-order valence-electron chi connectivity index (χ2n) is 6.64. The number of aliphatic hydroxyl groups is 1. The standard InChI is InChI=1S/C19H20FN3O2S/c1-11-8-23(9-12(2)25-11)15-7-13(10-24)16-18(14-5-3-4-6-21-14)22-26-19(16)17(15)20/h3-7,11-12,24H,8-10H2,1-2H3/t11-,12+. The zero-order valence-corrected chi connectivity index (χ0v) is 15.5. The van der Waals surface area contributed by atoms with E-state index in [4.69, 9.17) is 4.74 Å². The van der Waals surface area contributed by atoms with E-state index in [1.165, 1.54) is 0 Å². The van der Waals surface area contributed by atoms with E-state index in [0.717, 1.165) is 11.5 Å². The highest BCUT2D eigenvalue weighted by Crippen LogP contribution is 2.39. The number of morpholine rings is 1. The minimum Gasteiger partial charge on any atom is -0.392 e. The number of halogens is 1. The molecular weight excluding hydrogens is 353 g/mol. The molecule has 1 aliphatic heterocycles. The maximum absolute atomic E-state index is 15.3. The minimum atomic E-state index is -0.293. The molecule has 4 rings (SSSR count). The van der Waals surface area contributed by atoms with Gasteiger partial charge in [0.05, 0.1) is 34.9 Å². The highest BCUT2D eigenvalue weighted by molar-refractivity contribution is 7.13. The summed E-state index contributed by atoms with van der Waals surface area (Å²) in [5.74, 6) is -0.293. The Morgan fingerprint density at radius 3 is 2.73 bits per heavy atom. The molecule has 1 fully saturated rings. The van der Waals surface area contributed by atoms with E-state index in [1.807, 2.05) is 36.9 Å². The Morgan fingerprint density at radius 1 is 1.31 bits per heavy atom. The molecule has 0 amide bonds. The van der Waals surface area contributed by atoms with Gasteiger partial charge < -0.3 is 14.7 Å². The topological polar surface area (TPSA) is 58.5 Å². The van der Waals surface area contributed by atoms with Gasteiger partial charge in [0.15, 0.2) is 5.82 Å². The van der Waals surface area contributed by atoms with Crippen LogP contribution in [0, 0.1) is 5.82 Å². The van der Waals surface area contributed by atoms with Crippen LogP contribution in [-0.4, -0.2) is 39.8 Å². The predicted molar refractivity (Wildman–Crippen MR) is 101 cm³/mol. The Balaban J connectivity index is 1.87. The molecule has 0 aliphatic carbocycles. The van der Waals surface area contributed by atoms with Crippen molar-refractivity contribution < 1.29 is 14.2 Å². The molecule has 0 saturated carbocycles. The first-order valence-corrected chi connectivity index (χ1v) is 9.39. The van der Waals surface area contributed by atoms with Gasteiger partial charge in [-0.25, -0.2) is 4.39 Å². The largest absolute Gasteiger partial charge is 0.392 e. The number of hydrogen-bond acceptors (Lipinski definition) is 6. The van der Waals surface area contributed by atoms with Crippen LogP contribution in [0.15, 0.2) is 30.5 Å². The second-order valence-corrected chi connectivity index (χ2v) is 7.41. The Morgan fingerprint density at radius 2 is 2.08 bits per heavy atom. The van der Waals surface area contributed by atoms with Crippen LogP contribution in [0.25, 0.3) is 21.5 Å². The number of aliphatic hydroxyl groups excluding tert-OH is 1. The molecule has 26 heavy (non-hydrogen) atoms. The Kier molecular flexibility index (Phi) is 4.60. The van der Waals surface area contributed by atoms with E-state index in [2.05, 4.69) is 9.36 Å². The summed E-state index contributed by atoms with van der Waals surface area (Å²) >= 11 is 1.11. The molecule has 3 heterocycles. The zero-order chi connectivity index (χ0) is 18.3. The van der Waals surface area contributed by atoms with Gasteiger partial charge in [0.2, 0.25) is 0 Å². The van der Waals surface area contributed by atoms with Crippen LogP contribution in [0.1, 0.15) is 19.4 Å². The average Bonchev–Trinajstić information content (AvgIpc) is 3.08. The first-order chi connectivity index (χ1) is 12.6. The number of aromatic nitrogens is 2. The maximum atomic E-state index is 15.3. The van der Waals surface area contributed by atoms with E-state index < -0.39 is 0 Å². The molecule has 0 unspecified atom stereocenters. The monoisotopic (exact) mass is 373 g/mol. The van der Waals surface area contributed by atoms with Crippen molar-refractivity contribution in [3.05, 3.63) is 41.8 Å². The van der Waals surface area contributed by atoms with Crippen LogP contribution in [0.4, 0.5) is 10.1 Å². The highest BCUT2D eigenvalue weighted by Gasteiger charge is 2.27. The van der Waals surface area contributed by atoms with E-state index in [9.17, 15) is 5.11 Å². The minimum absolute atomic E-state index is 0.0250. The molecule has 0 radical (unpaired) electrons. The van der Waals surface area contributed by atoms with Gasteiger partial charge in [-0.1, -0.05) is 6.07 Å². The lowest BCUT2D eigenvalue weighted by molar-refractivity contribution is -0.00538. The molecule has 136 valence electrons. The normalized spacial score (nSPS) is 20.7. The molecule has 1 saturated heterocycles. The molecular formula is C19H20FN3O2S. The Bertz CT molecular complexity index is 921. The third-order valence-corrected chi connectivity index (χ3v) is 5.43. The highest BCUT2D eigenvalue weighted by atomic mass is 32.1. The van der Waals surface area contributed by atoms with E-state index in [-0.39, 0.29) is 24.6 Å². The van der Waals surface area contributed by atoms with E-state index in [0.29, 0.717) is 45.8 Å². The molecule has 1 N–H and O–H groups in total. The zero-order valence-electron chi connectivity index (χ0n) is 14.6. The molecule has 0 spiro atoms. The van der Waals surface area contributed by atoms with E-state index >= 15 is 4.39 Å². The lowest BCUT2D eigenvalue weighted by Crippen LogP contribution is -2.45. The molecule has 7 heteroatoms. The van der Waals surface area contributed by atoms with Gasteiger partial charge in [0.25, 0.3) is 0 Å². The van der Waals surface area contributed by atoms with Crippen molar-refractivity contribution in [3.63, 3.8) is 0 Å². The Hall–Kier alpha value is -2.09. The summed E-state index contributed by atoms with van der Waals surface area (Å²) in [6.07, 6.45) is 1.73. The summed E-state index contributed by atoms with van der Waals surface area (Å²) in [6, 6.07) is 7.27. The van der Waals surface area contributed by atoms with Gasteiger partial charge in [-0.15, -0.1) is 0 Å². The number of pyridine rings is 1. The molecule has 1 aliphatic rings. The van der Waals surface area contributed by atoms with E-state index in [1.54, 1.807) is 12.3 Å². The third-order valence-electron chi connectivity index (χ3n) is 4.59. The van der Waals surface area contributed by atoms with Crippen molar-refractivity contribution in [2.24, 2.45) is 0 Å².